The van der Waals surface area contributed by atoms with Crippen molar-refractivity contribution >= 4 is 23.3 Å². The number of rotatable bonds is 7. The number of Topliss-reactive ketones (excluding diaryl/α,β-unsaturated/α-hetero) is 1. The van der Waals surface area contributed by atoms with Gasteiger partial charge in [-0.2, -0.15) is 0 Å². The molecule has 0 unspecified atom stereocenters. The summed E-state index contributed by atoms with van der Waals surface area (Å²) in [6.45, 7) is 5.25. The van der Waals surface area contributed by atoms with E-state index < -0.39 is 0 Å². The van der Waals surface area contributed by atoms with Crippen molar-refractivity contribution in [2.45, 2.75) is 27.2 Å². The van der Waals surface area contributed by atoms with Gasteiger partial charge >= 0.3 is 0 Å². The Bertz CT molecular complexity index is 885. The Morgan fingerprint density at radius 2 is 1.71 bits per heavy atom. The number of carbonyl (C=O) groups excluding carboxylic acids is 3. The summed E-state index contributed by atoms with van der Waals surface area (Å²) in [7, 11) is 3.09. The van der Waals surface area contributed by atoms with E-state index >= 15 is 0 Å². The SMILES string of the molecule is COc1ccc(C(C)=O)cc1CC(=O)N(C)CC(=O)Nc1c(C)cccc1C. The smallest absolute Gasteiger partial charge is 0.243 e. The van der Waals surface area contributed by atoms with E-state index in [0.29, 0.717) is 16.9 Å². The third-order valence-corrected chi connectivity index (χ3v) is 4.58. The van der Waals surface area contributed by atoms with Gasteiger partial charge in [0.2, 0.25) is 11.8 Å². The zero-order valence-electron chi connectivity index (χ0n) is 17.0. The maximum Gasteiger partial charge on any atom is 0.243 e. The van der Waals surface area contributed by atoms with Crippen LogP contribution in [0.4, 0.5) is 5.69 Å². The van der Waals surface area contributed by atoms with Crippen LogP contribution in [0.25, 0.3) is 0 Å². The summed E-state index contributed by atoms with van der Waals surface area (Å²) < 4.78 is 5.29. The summed E-state index contributed by atoms with van der Waals surface area (Å²) in [5, 5.41) is 2.87. The molecule has 0 aromatic heterocycles. The van der Waals surface area contributed by atoms with Crippen LogP contribution >= 0.6 is 0 Å². The third kappa shape index (κ3) is 5.19. The molecule has 0 aliphatic heterocycles. The molecule has 0 atom stereocenters. The Labute approximate surface area is 165 Å². The van der Waals surface area contributed by atoms with Gasteiger partial charge in [-0.1, -0.05) is 18.2 Å². The van der Waals surface area contributed by atoms with E-state index in [1.807, 2.05) is 32.0 Å². The quantitative estimate of drug-likeness (QED) is 0.747. The number of anilines is 1. The largest absolute Gasteiger partial charge is 0.496 e. The average molecular weight is 382 g/mol. The minimum absolute atomic E-state index is 0.0392. The summed E-state index contributed by atoms with van der Waals surface area (Å²) in [4.78, 5) is 37.9. The highest BCUT2D eigenvalue weighted by Gasteiger charge is 2.17. The van der Waals surface area contributed by atoms with Crippen molar-refractivity contribution in [2.75, 3.05) is 26.0 Å². The van der Waals surface area contributed by atoms with Crippen molar-refractivity contribution in [3.8, 4) is 5.75 Å². The molecule has 6 nitrogen and oxygen atoms in total. The van der Waals surface area contributed by atoms with E-state index in [1.165, 1.54) is 18.9 Å². The van der Waals surface area contributed by atoms with Crippen LogP contribution in [0, 0.1) is 13.8 Å². The predicted octanol–water partition coefficient (Wildman–Crippen LogP) is 3.15. The van der Waals surface area contributed by atoms with Gasteiger partial charge in [0.05, 0.1) is 20.1 Å². The second kappa shape index (κ2) is 9.17. The van der Waals surface area contributed by atoms with Crippen LogP contribution in [0.5, 0.6) is 5.75 Å². The highest BCUT2D eigenvalue weighted by atomic mass is 16.5. The maximum absolute atomic E-state index is 12.6. The lowest BCUT2D eigenvalue weighted by Gasteiger charge is -2.19. The molecule has 0 spiro atoms. The van der Waals surface area contributed by atoms with E-state index in [9.17, 15) is 14.4 Å². The maximum atomic E-state index is 12.6. The van der Waals surface area contributed by atoms with Crippen LogP contribution < -0.4 is 10.1 Å². The number of ketones is 1. The molecule has 28 heavy (non-hydrogen) atoms. The molecular formula is C22H26N2O4. The molecule has 2 aromatic carbocycles. The van der Waals surface area contributed by atoms with E-state index in [2.05, 4.69) is 5.32 Å². The van der Waals surface area contributed by atoms with Gasteiger partial charge in [-0.05, 0) is 50.1 Å². The van der Waals surface area contributed by atoms with Crippen LogP contribution in [-0.2, 0) is 16.0 Å². The molecule has 0 radical (unpaired) electrons. The van der Waals surface area contributed by atoms with E-state index in [1.54, 1.807) is 25.2 Å². The van der Waals surface area contributed by atoms with Crippen LogP contribution in [0.2, 0.25) is 0 Å². The number of hydrogen-bond acceptors (Lipinski definition) is 4. The van der Waals surface area contributed by atoms with Gasteiger partial charge in [0.1, 0.15) is 5.75 Å². The Balaban J connectivity index is 2.06. The van der Waals surface area contributed by atoms with Gasteiger partial charge < -0.3 is 15.0 Å². The average Bonchev–Trinajstić information content (AvgIpc) is 2.64. The molecule has 0 bridgehead atoms. The molecule has 0 saturated heterocycles. The minimum atomic E-state index is -0.266. The van der Waals surface area contributed by atoms with Gasteiger partial charge in [0.25, 0.3) is 0 Å². The van der Waals surface area contributed by atoms with E-state index in [0.717, 1.165) is 16.8 Å². The van der Waals surface area contributed by atoms with Crippen molar-refractivity contribution in [1.29, 1.82) is 0 Å². The number of nitrogens with one attached hydrogen (secondary N) is 1. The molecule has 6 heteroatoms. The number of aryl methyl sites for hydroxylation is 2. The Hall–Kier alpha value is -3.15. The molecule has 148 valence electrons. The second-order valence-electron chi connectivity index (χ2n) is 6.82. The van der Waals surface area contributed by atoms with Crippen molar-refractivity contribution in [2.24, 2.45) is 0 Å². The molecule has 2 aromatic rings. The number of amides is 2. The number of carbonyl (C=O) groups is 3. The van der Waals surface area contributed by atoms with Crippen molar-refractivity contribution in [3.05, 3.63) is 58.7 Å². The number of likely N-dealkylation sites (N-methyl/N-ethyl adjacent to an activating group) is 1. The fourth-order valence-corrected chi connectivity index (χ4v) is 2.93. The molecule has 1 N–H and O–H groups in total. The second-order valence-corrected chi connectivity index (χ2v) is 6.82. The number of ether oxygens (including phenoxy) is 1. The van der Waals surface area contributed by atoms with Gasteiger partial charge in [0.15, 0.2) is 5.78 Å². The Kier molecular flexibility index (Phi) is 6.93. The molecule has 0 aliphatic carbocycles. The number of methoxy groups -OCH3 is 1. The third-order valence-electron chi connectivity index (χ3n) is 4.58. The number of nitrogens with zero attached hydrogens (tertiary/aromatic N) is 1. The summed E-state index contributed by atoms with van der Waals surface area (Å²) in [5.41, 5.74) is 3.83. The Morgan fingerprint density at radius 3 is 2.29 bits per heavy atom. The van der Waals surface area contributed by atoms with Gasteiger partial charge in [-0.15, -0.1) is 0 Å². The molecule has 2 rings (SSSR count). The first-order chi connectivity index (χ1) is 13.2. The summed E-state index contributed by atoms with van der Waals surface area (Å²) in [5.74, 6) is -0.0576. The van der Waals surface area contributed by atoms with Crippen molar-refractivity contribution in [1.82, 2.24) is 4.90 Å². The molecule has 0 aliphatic rings. The van der Waals surface area contributed by atoms with Gasteiger partial charge in [-0.25, -0.2) is 0 Å². The summed E-state index contributed by atoms with van der Waals surface area (Å²) in [6.07, 6.45) is 0.0392. The number of benzene rings is 2. The normalized spacial score (nSPS) is 10.3. The molecule has 0 fully saturated rings. The van der Waals surface area contributed by atoms with E-state index in [-0.39, 0.29) is 30.6 Å². The van der Waals surface area contributed by atoms with Crippen molar-refractivity contribution < 1.29 is 19.1 Å². The molecule has 2 amide bonds. The number of para-hydroxylation sites is 1. The lowest BCUT2D eigenvalue weighted by molar-refractivity contribution is -0.132. The first-order valence-corrected chi connectivity index (χ1v) is 9.00. The highest BCUT2D eigenvalue weighted by molar-refractivity contribution is 5.96. The van der Waals surface area contributed by atoms with Gasteiger partial charge in [-0.3, -0.25) is 14.4 Å². The van der Waals surface area contributed by atoms with E-state index in [4.69, 9.17) is 4.74 Å². The van der Waals surface area contributed by atoms with Crippen LogP contribution in [0.1, 0.15) is 34.0 Å². The highest BCUT2D eigenvalue weighted by Crippen LogP contribution is 2.22. The zero-order chi connectivity index (χ0) is 20.8. The van der Waals surface area contributed by atoms with Gasteiger partial charge in [0, 0.05) is 23.9 Å². The van der Waals surface area contributed by atoms with Crippen LogP contribution in [0.15, 0.2) is 36.4 Å². The minimum Gasteiger partial charge on any atom is -0.496 e. The molecule has 0 saturated carbocycles. The predicted molar refractivity (Wildman–Crippen MR) is 109 cm³/mol. The lowest BCUT2D eigenvalue weighted by Crippen LogP contribution is -2.36. The fourth-order valence-electron chi connectivity index (χ4n) is 2.93. The standard InChI is InChI=1S/C22H26N2O4/c1-14-7-6-8-15(2)22(14)23-20(26)13-24(4)21(27)12-18-11-17(16(3)25)9-10-19(18)28-5/h6-11H,12-13H2,1-5H3,(H,23,26). The zero-order valence-corrected chi connectivity index (χ0v) is 17.0. The topological polar surface area (TPSA) is 75.7 Å². The first kappa shape index (κ1) is 21.2. The Morgan fingerprint density at radius 1 is 1.07 bits per heavy atom. The summed E-state index contributed by atoms with van der Waals surface area (Å²) >= 11 is 0. The fraction of sp³-hybridized carbons (Fsp3) is 0.318. The monoisotopic (exact) mass is 382 g/mol. The first-order valence-electron chi connectivity index (χ1n) is 9.00. The van der Waals surface area contributed by atoms with Crippen LogP contribution in [-0.4, -0.2) is 43.2 Å². The molecule has 0 heterocycles. The van der Waals surface area contributed by atoms with Crippen molar-refractivity contribution in [3.63, 3.8) is 0 Å². The van der Waals surface area contributed by atoms with Crippen LogP contribution in [0.3, 0.4) is 0 Å². The summed E-state index contributed by atoms with van der Waals surface area (Å²) in [6, 6.07) is 10.8. The lowest BCUT2D eigenvalue weighted by atomic mass is 10.0. The molecular weight excluding hydrogens is 356 g/mol. The number of hydrogen-bond donors (Lipinski definition) is 1.